The van der Waals surface area contributed by atoms with E-state index in [1.54, 1.807) is 4.90 Å². The molecule has 0 saturated carbocycles. The van der Waals surface area contributed by atoms with E-state index in [9.17, 15) is 24.0 Å². The fraction of sp³-hybridized carbons (Fsp3) is 0.712. The molecule has 0 bridgehead atoms. The van der Waals surface area contributed by atoms with Gasteiger partial charge in [0.05, 0.1) is 11.8 Å². The summed E-state index contributed by atoms with van der Waals surface area (Å²) in [4.78, 5) is 68.3. The minimum absolute atomic E-state index is 0.0113. The number of carbonyl (C=O) groups excluding carboxylic acids is 5. The molecule has 4 aliphatic heterocycles. The number of nitrogens with zero attached hydrogens (tertiary/aromatic N) is 4. The zero-order valence-electron chi connectivity index (χ0n) is 48.0. The van der Waals surface area contributed by atoms with Gasteiger partial charge in [-0.05, 0) is 208 Å². The number of nitrogens with two attached hydrogens (primary N) is 1. The first-order chi connectivity index (χ1) is 33.6. The lowest BCUT2D eigenvalue weighted by Gasteiger charge is -2.40. The molecule has 73 heavy (non-hydrogen) atoms. The third-order valence-electron chi connectivity index (χ3n) is 13.9. The molecule has 0 aromatic heterocycles. The van der Waals surface area contributed by atoms with Crippen molar-refractivity contribution in [3.63, 3.8) is 0 Å². The summed E-state index contributed by atoms with van der Waals surface area (Å²) in [6.07, 6.45) is 9.46. The van der Waals surface area contributed by atoms with E-state index in [2.05, 4.69) is 41.8 Å². The van der Waals surface area contributed by atoms with Crippen LogP contribution in [-0.2, 0) is 35.0 Å². The third kappa shape index (κ3) is 20.8. The third-order valence-corrected chi connectivity index (χ3v) is 13.9. The lowest BCUT2D eigenvalue weighted by atomic mass is 9.76. The van der Waals surface area contributed by atoms with E-state index in [0.29, 0.717) is 18.7 Å². The van der Waals surface area contributed by atoms with E-state index in [-0.39, 0.29) is 46.9 Å². The minimum Gasteiger partial charge on any atom is -0.460 e. The van der Waals surface area contributed by atoms with Crippen LogP contribution in [0.2, 0.25) is 0 Å². The Morgan fingerprint density at radius 2 is 0.932 bits per heavy atom. The summed E-state index contributed by atoms with van der Waals surface area (Å²) in [5.41, 5.74) is 11.1. The Balaban J connectivity index is 0.000000264. The van der Waals surface area contributed by atoms with Gasteiger partial charge in [-0.25, -0.2) is 9.59 Å². The molecule has 6 rings (SSSR count). The van der Waals surface area contributed by atoms with Crippen molar-refractivity contribution in [2.75, 3.05) is 62.2 Å². The van der Waals surface area contributed by atoms with E-state index in [1.165, 1.54) is 16.8 Å². The summed E-state index contributed by atoms with van der Waals surface area (Å²) in [5.74, 6) is -0.216. The number of hydrogen-bond donors (Lipinski definition) is 1. The highest BCUT2D eigenvalue weighted by Gasteiger charge is 2.36. The van der Waals surface area contributed by atoms with Crippen LogP contribution in [0.4, 0.5) is 21.0 Å². The fourth-order valence-corrected chi connectivity index (χ4v) is 9.46. The van der Waals surface area contributed by atoms with Gasteiger partial charge in [0.15, 0.2) is 6.29 Å². The standard InChI is InChI=1S/C30H48N2O4.C18H25NO3.C11H22N2O2/c1-22-9-10-23(11-14-30(8)15-19-32(20-16-30)27(34)36-29(5,6)7)25(21-22)31-17-12-24(13-18-31)26(33)35-28(2,3)4;1-13-5-6-15(12-20)16(11-13)19-9-7-14(8-10-19)17(21)22-18(2,3)4;1-10(2,3)15-9(14)13-7-5-11(4,12)6-8-13/h9-10,21,24H,11-20H2,1-8H3;5-6,11-12,14H,7-10H2,1-4H3;5-8,12H2,1-4H3. The van der Waals surface area contributed by atoms with Crippen LogP contribution < -0.4 is 15.5 Å². The summed E-state index contributed by atoms with van der Waals surface area (Å²) >= 11 is 0. The molecule has 410 valence electrons. The molecule has 14 heteroatoms. The van der Waals surface area contributed by atoms with Crippen molar-refractivity contribution >= 4 is 41.8 Å². The Morgan fingerprint density at radius 3 is 1.33 bits per heavy atom. The molecule has 2 amide bonds. The molecule has 14 nitrogen and oxygen atoms in total. The number of aryl methyl sites for hydroxylation is 3. The minimum atomic E-state index is -0.457. The first-order valence-electron chi connectivity index (χ1n) is 27.0. The van der Waals surface area contributed by atoms with E-state index in [0.717, 1.165) is 121 Å². The maximum Gasteiger partial charge on any atom is 0.410 e. The number of aldehydes is 1. The van der Waals surface area contributed by atoms with Crippen molar-refractivity contribution in [3.8, 4) is 0 Å². The molecular weight excluding hydrogens is 923 g/mol. The number of rotatable bonds is 8. The Kier molecular flexibility index (Phi) is 20.9. The number of ether oxygens (including phenoxy) is 4. The maximum absolute atomic E-state index is 12.6. The zero-order valence-corrected chi connectivity index (χ0v) is 48.0. The first kappa shape index (κ1) is 60.7. The van der Waals surface area contributed by atoms with Crippen LogP contribution in [0.5, 0.6) is 0 Å². The van der Waals surface area contributed by atoms with E-state index in [1.807, 2.05) is 120 Å². The largest absolute Gasteiger partial charge is 0.460 e. The van der Waals surface area contributed by atoms with E-state index in [4.69, 9.17) is 24.7 Å². The SMILES string of the molecule is CC1(N)CCN(C(=O)OC(C)(C)C)CC1.Cc1ccc(C=O)c(N2CCC(C(=O)OC(C)(C)C)CC2)c1.Cc1ccc(CCC2(C)CCN(C(=O)OC(C)(C)C)CC2)c(N2CCC(C(=O)OC(C)(C)C)CC2)c1. The van der Waals surface area contributed by atoms with Gasteiger partial charge in [0.1, 0.15) is 22.4 Å². The van der Waals surface area contributed by atoms with Gasteiger partial charge >= 0.3 is 24.1 Å². The van der Waals surface area contributed by atoms with Crippen molar-refractivity contribution in [2.24, 2.45) is 23.0 Å². The van der Waals surface area contributed by atoms with Crippen molar-refractivity contribution in [2.45, 2.75) is 203 Å². The quantitative estimate of drug-likeness (QED) is 0.152. The number of esters is 2. The van der Waals surface area contributed by atoms with Crippen LogP contribution in [0.15, 0.2) is 36.4 Å². The molecule has 4 saturated heterocycles. The number of carbonyl (C=O) groups is 5. The number of likely N-dealkylation sites (tertiary alicyclic amines) is 2. The first-order valence-corrected chi connectivity index (χ1v) is 27.0. The van der Waals surface area contributed by atoms with E-state index < -0.39 is 22.4 Å². The number of piperidine rings is 4. The summed E-state index contributed by atoms with van der Waals surface area (Å²) < 4.78 is 22.0. The van der Waals surface area contributed by atoms with Crippen LogP contribution in [-0.4, -0.2) is 121 Å². The molecule has 0 unspecified atom stereocenters. The predicted octanol–water partition coefficient (Wildman–Crippen LogP) is 11.6. The molecule has 2 N–H and O–H groups in total. The highest BCUT2D eigenvalue weighted by Crippen LogP contribution is 2.38. The monoisotopic (exact) mass is 1020 g/mol. The molecule has 4 aliphatic rings. The van der Waals surface area contributed by atoms with E-state index >= 15 is 0 Å². The average Bonchev–Trinajstić information content (AvgIpc) is 3.27. The molecular formula is C59H95N5O9. The van der Waals surface area contributed by atoms with Crippen LogP contribution in [0.3, 0.4) is 0 Å². The summed E-state index contributed by atoms with van der Waals surface area (Å²) in [6.45, 7) is 37.6. The molecule has 4 heterocycles. The van der Waals surface area contributed by atoms with Crippen molar-refractivity contribution in [1.29, 1.82) is 0 Å². The maximum atomic E-state index is 12.6. The topological polar surface area (TPSA) is 161 Å². The van der Waals surface area contributed by atoms with Crippen molar-refractivity contribution < 1.29 is 42.9 Å². The Morgan fingerprint density at radius 1 is 0.562 bits per heavy atom. The van der Waals surface area contributed by atoms with Gasteiger partial charge in [0, 0.05) is 74.8 Å². The Hall–Kier alpha value is -4.85. The second kappa shape index (κ2) is 25.1. The van der Waals surface area contributed by atoms with Gasteiger partial charge in [0.25, 0.3) is 0 Å². The predicted molar refractivity (Wildman–Crippen MR) is 292 cm³/mol. The van der Waals surface area contributed by atoms with Gasteiger partial charge in [-0.2, -0.15) is 0 Å². The highest BCUT2D eigenvalue weighted by atomic mass is 16.6. The van der Waals surface area contributed by atoms with Gasteiger partial charge in [0.2, 0.25) is 0 Å². The van der Waals surface area contributed by atoms with Gasteiger partial charge in [-0.1, -0.05) is 25.1 Å². The lowest BCUT2D eigenvalue weighted by Crippen LogP contribution is -2.50. The number of hydrogen-bond acceptors (Lipinski definition) is 12. The number of anilines is 2. The van der Waals surface area contributed by atoms with Crippen LogP contribution in [0.1, 0.15) is 182 Å². The zero-order chi connectivity index (χ0) is 54.7. The second-order valence-electron chi connectivity index (χ2n) is 25.8. The second-order valence-corrected chi connectivity index (χ2v) is 25.8. The van der Waals surface area contributed by atoms with Gasteiger partial charge in [-0.15, -0.1) is 0 Å². The van der Waals surface area contributed by atoms with Gasteiger partial charge < -0.3 is 44.3 Å². The van der Waals surface area contributed by atoms with Crippen molar-refractivity contribution in [1.82, 2.24) is 9.80 Å². The molecule has 2 aromatic carbocycles. The average molecular weight is 1020 g/mol. The molecule has 0 radical (unpaired) electrons. The van der Waals surface area contributed by atoms with Crippen LogP contribution in [0.25, 0.3) is 0 Å². The summed E-state index contributed by atoms with van der Waals surface area (Å²) in [6, 6.07) is 12.6. The van der Waals surface area contributed by atoms with Crippen LogP contribution >= 0.6 is 0 Å². The van der Waals surface area contributed by atoms with Crippen molar-refractivity contribution in [3.05, 3.63) is 58.7 Å². The normalized spacial score (nSPS) is 18.8. The lowest BCUT2D eigenvalue weighted by molar-refractivity contribution is -0.161. The van der Waals surface area contributed by atoms with Gasteiger partial charge in [-0.3, -0.25) is 14.4 Å². The summed E-state index contributed by atoms with van der Waals surface area (Å²) in [5, 5.41) is 0. The molecule has 0 aliphatic carbocycles. The molecule has 0 spiro atoms. The molecule has 0 atom stereocenters. The Labute approximate surface area is 439 Å². The molecule has 4 fully saturated rings. The smallest absolute Gasteiger partial charge is 0.410 e. The Bertz CT molecular complexity index is 2140. The van der Waals surface area contributed by atoms with Crippen LogP contribution in [0, 0.1) is 31.1 Å². The fourth-order valence-electron chi connectivity index (χ4n) is 9.46. The highest BCUT2D eigenvalue weighted by molar-refractivity contribution is 5.85. The molecule has 2 aromatic rings. The number of benzene rings is 2. The number of amides is 2. The summed E-state index contributed by atoms with van der Waals surface area (Å²) in [7, 11) is 0.